The predicted molar refractivity (Wildman–Crippen MR) is 115 cm³/mol. The van der Waals surface area contributed by atoms with Crippen LogP contribution in [0.15, 0.2) is 30.5 Å². The molecular weight excluding hydrogens is 380 g/mol. The molecule has 2 aromatic rings. The molecule has 0 radical (unpaired) electrons. The average molecular weight is 411 g/mol. The van der Waals surface area contributed by atoms with Gasteiger partial charge in [0.1, 0.15) is 6.04 Å². The molecule has 0 bridgehead atoms. The minimum atomic E-state index is -0.616. The zero-order chi connectivity index (χ0) is 21.1. The molecular formula is C23H30N4O3. The van der Waals surface area contributed by atoms with Crippen molar-refractivity contribution >= 4 is 28.7 Å². The molecule has 2 fully saturated rings. The minimum Gasteiger partial charge on any atom is -0.361 e. The summed E-state index contributed by atoms with van der Waals surface area (Å²) in [7, 11) is 0. The van der Waals surface area contributed by atoms with Crippen molar-refractivity contribution in [3.8, 4) is 0 Å². The maximum absolute atomic E-state index is 12.7. The number of nitrogens with zero attached hydrogens (tertiary/aromatic N) is 1. The fraction of sp³-hybridized carbons (Fsp3) is 0.522. The minimum absolute atomic E-state index is 0.0342. The summed E-state index contributed by atoms with van der Waals surface area (Å²) in [4.78, 5) is 41.8. The summed E-state index contributed by atoms with van der Waals surface area (Å²) in [5, 5.41) is 6.96. The third kappa shape index (κ3) is 4.35. The number of aromatic amines is 1. The van der Waals surface area contributed by atoms with Crippen molar-refractivity contribution in [1.82, 2.24) is 20.5 Å². The van der Waals surface area contributed by atoms with E-state index in [9.17, 15) is 14.4 Å². The molecule has 4 amide bonds. The van der Waals surface area contributed by atoms with Crippen molar-refractivity contribution in [3.05, 3.63) is 36.0 Å². The van der Waals surface area contributed by atoms with Crippen molar-refractivity contribution in [2.75, 3.05) is 6.54 Å². The molecule has 1 aliphatic carbocycles. The first kappa shape index (κ1) is 20.4. The first-order chi connectivity index (χ1) is 14.5. The van der Waals surface area contributed by atoms with E-state index in [0.717, 1.165) is 35.7 Å². The molecule has 1 aliphatic heterocycles. The molecule has 4 rings (SSSR count). The van der Waals surface area contributed by atoms with Gasteiger partial charge in [-0.2, -0.15) is 0 Å². The molecule has 0 spiro atoms. The van der Waals surface area contributed by atoms with E-state index in [-0.39, 0.29) is 30.3 Å². The Kier molecular flexibility index (Phi) is 6.06. The summed E-state index contributed by atoms with van der Waals surface area (Å²) in [6.07, 6.45) is 7.65. The lowest BCUT2D eigenvalue weighted by molar-refractivity contribution is -0.127. The van der Waals surface area contributed by atoms with Crippen LogP contribution in [0.5, 0.6) is 0 Å². The van der Waals surface area contributed by atoms with Crippen molar-refractivity contribution in [2.45, 2.75) is 64.0 Å². The lowest BCUT2D eigenvalue weighted by Gasteiger charge is -2.29. The lowest BCUT2D eigenvalue weighted by atomic mass is 9.86. The van der Waals surface area contributed by atoms with Crippen molar-refractivity contribution in [2.24, 2.45) is 5.92 Å². The second kappa shape index (κ2) is 8.90. The molecule has 2 aliphatic rings. The van der Waals surface area contributed by atoms with Gasteiger partial charge in [-0.05, 0) is 43.2 Å². The van der Waals surface area contributed by atoms with Gasteiger partial charge in [-0.3, -0.25) is 14.5 Å². The van der Waals surface area contributed by atoms with Crippen LogP contribution in [0.4, 0.5) is 4.79 Å². The number of nitrogens with one attached hydrogen (secondary N) is 3. The number of hydrogen-bond donors (Lipinski definition) is 3. The van der Waals surface area contributed by atoms with Crippen LogP contribution in [0.3, 0.4) is 0 Å². The normalized spacial score (nSPS) is 24.3. The smallest absolute Gasteiger partial charge is 0.324 e. The Balaban J connectivity index is 1.27. The van der Waals surface area contributed by atoms with Crippen molar-refractivity contribution < 1.29 is 14.4 Å². The monoisotopic (exact) mass is 410 g/mol. The summed E-state index contributed by atoms with van der Waals surface area (Å²) in [6, 6.07) is 7.22. The number of carbonyl (C=O) groups excluding carboxylic acids is 3. The molecule has 2 heterocycles. The predicted octanol–water partition coefficient (Wildman–Crippen LogP) is 3.11. The van der Waals surface area contributed by atoms with Crippen LogP contribution >= 0.6 is 0 Å². The van der Waals surface area contributed by atoms with Gasteiger partial charge in [0.25, 0.3) is 5.91 Å². The third-order valence-electron chi connectivity index (χ3n) is 6.50. The largest absolute Gasteiger partial charge is 0.361 e. The molecule has 3 atom stereocenters. The van der Waals surface area contributed by atoms with Gasteiger partial charge < -0.3 is 15.6 Å². The number of para-hydroxylation sites is 1. The van der Waals surface area contributed by atoms with E-state index in [0.29, 0.717) is 25.3 Å². The van der Waals surface area contributed by atoms with E-state index in [1.54, 1.807) is 0 Å². The van der Waals surface area contributed by atoms with Crippen LogP contribution < -0.4 is 10.6 Å². The molecule has 3 N–H and O–H groups in total. The van der Waals surface area contributed by atoms with E-state index >= 15 is 0 Å². The van der Waals surface area contributed by atoms with Crippen LogP contribution in [-0.4, -0.2) is 46.4 Å². The molecule has 30 heavy (non-hydrogen) atoms. The van der Waals surface area contributed by atoms with Gasteiger partial charge in [-0.25, -0.2) is 4.79 Å². The number of urea groups is 1. The highest BCUT2D eigenvalue weighted by Crippen LogP contribution is 2.24. The van der Waals surface area contributed by atoms with Gasteiger partial charge in [0.15, 0.2) is 0 Å². The van der Waals surface area contributed by atoms with E-state index in [1.807, 2.05) is 30.5 Å². The van der Waals surface area contributed by atoms with E-state index < -0.39 is 6.04 Å². The van der Waals surface area contributed by atoms with Gasteiger partial charge in [0.05, 0.1) is 0 Å². The Morgan fingerprint density at radius 1 is 1.20 bits per heavy atom. The Hall–Kier alpha value is -2.83. The second-order valence-electron chi connectivity index (χ2n) is 8.58. The highest BCUT2D eigenvalue weighted by molar-refractivity contribution is 6.04. The van der Waals surface area contributed by atoms with Crippen LogP contribution in [0.2, 0.25) is 0 Å². The van der Waals surface area contributed by atoms with E-state index in [1.165, 1.54) is 11.3 Å². The topological polar surface area (TPSA) is 94.3 Å². The molecule has 160 valence electrons. The SMILES string of the molecule is CC1CCCCC1NC(=O)CC[C@@H]1NC(=O)N(CCc2c[nH]c3ccccc23)C1=O. The lowest BCUT2D eigenvalue weighted by Crippen LogP contribution is -2.41. The Labute approximate surface area is 176 Å². The number of rotatable bonds is 7. The fourth-order valence-corrected chi connectivity index (χ4v) is 4.64. The van der Waals surface area contributed by atoms with Gasteiger partial charge in [-0.15, -0.1) is 0 Å². The van der Waals surface area contributed by atoms with Crippen molar-refractivity contribution in [3.63, 3.8) is 0 Å². The molecule has 2 unspecified atom stereocenters. The van der Waals surface area contributed by atoms with E-state index in [2.05, 4.69) is 22.5 Å². The molecule has 1 saturated carbocycles. The number of carbonyl (C=O) groups is 3. The number of fused-ring (bicyclic) bond motifs is 1. The summed E-state index contributed by atoms with van der Waals surface area (Å²) in [5.74, 6) is 0.224. The molecule has 1 aromatic carbocycles. The van der Waals surface area contributed by atoms with Crippen molar-refractivity contribution in [1.29, 1.82) is 0 Å². The third-order valence-corrected chi connectivity index (χ3v) is 6.50. The summed E-state index contributed by atoms with van der Waals surface area (Å²) < 4.78 is 0. The zero-order valence-corrected chi connectivity index (χ0v) is 17.4. The number of amides is 4. The van der Waals surface area contributed by atoms with Gasteiger partial charge in [0.2, 0.25) is 5.91 Å². The quantitative estimate of drug-likeness (QED) is 0.612. The summed E-state index contributed by atoms with van der Waals surface area (Å²) in [6.45, 7) is 2.51. The standard InChI is InChI=1S/C23H30N4O3/c1-15-6-2-4-8-18(15)25-21(28)11-10-20-22(29)27(23(30)26-20)13-12-16-14-24-19-9-5-3-7-17(16)19/h3,5,7,9,14-15,18,20,24H,2,4,6,8,10-13H2,1H3,(H,25,28)(H,26,30)/t15?,18?,20-/m0/s1. The van der Waals surface area contributed by atoms with Crippen LogP contribution in [0.1, 0.15) is 51.0 Å². The molecule has 1 aromatic heterocycles. The first-order valence-electron chi connectivity index (χ1n) is 11.0. The van der Waals surface area contributed by atoms with Gasteiger partial charge >= 0.3 is 6.03 Å². The van der Waals surface area contributed by atoms with E-state index in [4.69, 9.17) is 0 Å². The maximum Gasteiger partial charge on any atom is 0.324 e. The molecule has 1 saturated heterocycles. The Morgan fingerprint density at radius 3 is 2.83 bits per heavy atom. The molecule has 7 heteroatoms. The number of benzene rings is 1. The number of aromatic nitrogens is 1. The first-order valence-corrected chi connectivity index (χ1v) is 11.0. The number of H-pyrrole nitrogens is 1. The average Bonchev–Trinajstić information content (AvgIpc) is 3.27. The Bertz CT molecular complexity index is 937. The van der Waals surface area contributed by atoms with Crippen LogP contribution in [0.25, 0.3) is 10.9 Å². The summed E-state index contributed by atoms with van der Waals surface area (Å²) in [5.41, 5.74) is 2.12. The Morgan fingerprint density at radius 2 is 2.00 bits per heavy atom. The number of imide groups is 1. The second-order valence-corrected chi connectivity index (χ2v) is 8.58. The fourth-order valence-electron chi connectivity index (χ4n) is 4.64. The molecule has 7 nitrogen and oxygen atoms in total. The summed E-state index contributed by atoms with van der Waals surface area (Å²) >= 11 is 0. The zero-order valence-electron chi connectivity index (χ0n) is 17.4. The van der Waals surface area contributed by atoms with Gasteiger partial charge in [0, 0.05) is 36.1 Å². The van der Waals surface area contributed by atoms with Crippen LogP contribution in [-0.2, 0) is 16.0 Å². The number of hydrogen-bond acceptors (Lipinski definition) is 3. The van der Waals surface area contributed by atoms with Gasteiger partial charge in [-0.1, -0.05) is 38.0 Å². The van der Waals surface area contributed by atoms with Crippen LogP contribution in [0, 0.1) is 5.92 Å². The highest BCUT2D eigenvalue weighted by Gasteiger charge is 2.37. The maximum atomic E-state index is 12.7. The highest BCUT2D eigenvalue weighted by atomic mass is 16.2.